The van der Waals surface area contributed by atoms with Crippen LogP contribution in [0, 0.1) is 0 Å². The average molecular weight is 455 g/mol. The zero-order chi connectivity index (χ0) is 20.8. The molecule has 0 spiro atoms. The fourth-order valence-corrected chi connectivity index (χ4v) is 17.7. The van der Waals surface area contributed by atoms with Gasteiger partial charge in [-0.25, -0.2) is 0 Å². The van der Waals surface area contributed by atoms with E-state index >= 15 is 0 Å². The van der Waals surface area contributed by atoms with Crippen molar-refractivity contribution in [1.82, 2.24) is 21.3 Å². The van der Waals surface area contributed by atoms with Gasteiger partial charge in [0, 0.05) is 52.4 Å². The minimum atomic E-state index is -1.99. The van der Waals surface area contributed by atoms with Crippen LogP contribution in [0.15, 0.2) is 0 Å². The van der Waals surface area contributed by atoms with E-state index in [2.05, 4.69) is 73.6 Å². The van der Waals surface area contributed by atoms with E-state index in [0.29, 0.717) is 0 Å². The molecule has 1 fully saturated rings. The van der Waals surface area contributed by atoms with Crippen molar-refractivity contribution in [2.45, 2.75) is 52.4 Å². The number of hydrogen-bond acceptors (Lipinski definition) is 7. The summed E-state index contributed by atoms with van der Waals surface area (Å²) in [5, 5.41) is 13.4. The lowest BCUT2D eigenvalue weighted by Gasteiger charge is -2.36. The van der Waals surface area contributed by atoms with Crippen molar-refractivity contribution in [1.29, 1.82) is 0 Å². The molecule has 1 heterocycles. The fraction of sp³-hybridized carbons (Fsp3) is 1.00. The third kappa shape index (κ3) is 19.7. The van der Waals surface area contributed by atoms with Gasteiger partial charge in [0.25, 0.3) is 0 Å². The van der Waals surface area contributed by atoms with Gasteiger partial charge in [-0.05, 0) is 45.8 Å². The minimum absolute atomic E-state index is 0.386. The molecule has 1 aliphatic rings. The second kappa shape index (κ2) is 14.6. The minimum Gasteiger partial charge on any atom is -0.442 e. The summed E-state index contributed by atoms with van der Waals surface area (Å²) in [7, 11) is -5.80. The summed E-state index contributed by atoms with van der Waals surface area (Å²) in [5.41, 5.74) is 0. The van der Waals surface area contributed by atoms with Gasteiger partial charge in [0.2, 0.25) is 0 Å². The monoisotopic (exact) mass is 454 g/mol. The third-order valence-corrected chi connectivity index (χ3v) is 15.7. The first-order valence-corrected chi connectivity index (χ1v) is 21.4. The van der Waals surface area contributed by atoms with Crippen molar-refractivity contribution in [3.05, 3.63) is 0 Å². The van der Waals surface area contributed by atoms with Crippen molar-refractivity contribution in [3.8, 4) is 0 Å². The van der Waals surface area contributed by atoms with Gasteiger partial charge in [-0.1, -0.05) is 6.55 Å². The maximum Gasteiger partial charge on any atom is 0.312 e. The largest absolute Gasteiger partial charge is 0.442 e. The van der Waals surface area contributed by atoms with Crippen molar-refractivity contribution >= 4 is 35.2 Å². The van der Waals surface area contributed by atoms with Crippen LogP contribution in [0.1, 0.15) is 0 Å². The lowest BCUT2D eigenvalue weighted by Crippen LogP contribution is -2.52. The molecule has 0 amide bonds. The summed E-state index contributed by atoms with van der Waals surface area (Å²) in [6.07, 6.45) is 0. The molecular weight excluding hydrogens is 409 g/mol. The molecule has 0 unspecified atom stereocenters. The number of rotatable bonds is 6. The van der Waals surface area contributed by atoms with Crippen LogP contribution in [-0.2, 0) is 12.3 Å². The number of nitrogens with one attached hydrogen (secondary N) is 4. The van der Waals surface area contributed by atoms with Gasteiger partial charge in [-0.15, -0.1) is 0 Å². The standard InChI is InChI=1S/C8H20N4.C8H26O3Si4/c1-2-10-5-6-12-8-7-11-4-3-9-1;1-12-9-14(5,6)11-15(7,8)10-13(2,3)4/h9-12H,1-8H2;12H2,1-8H3. The van der Waals surface area contributed by atoms with Gasteiger partial charge < -0.3 is 33.6 Å². The van der Waals surface area contributed by atoms with Crippen LogP contribution in [0.25, 0.3) is 0 Å². The fourth-order valence-electron chi connectivity index (χ4n) is 2.93. The highest BCUT2D eigenvalue weighted by atomic mass is 28.5. The molecule has 27 heavy (non-hydrogen) atoms. The lowest BCUT2D eigenvalue weighted by molar-refractivity contribution is 0.339. The molecule has 0 aromatic carbocycles. The van der Waals surface area contributed by atoms with Gasteiger partial charge in [0.05, 0.1) is 0 Å². The second-order valence-corrected chi connectivity index (χ2v) is 21.7. The van der Waals surface area contributed by atoms with Crippen molar-refractivity contribution in [3.63, 3.8) is 0 Å². The molecular formula is C16H46N4O3Si4. The van der Waals surface area contributed by atoms with Crippen LogP contribution < -0.4 is 21.3 Å². The van der Waals surface area contributed by atoms with Gasteiger partial charge in [-0.3, -0.25) is 0 Å². The maximum atomic E-state index is 6.14. The Balaban J connectivity index is 0.000000511. The lowest BCUT2D eigenvalue weighted by atomic mass is 10.4. The van der Waals surface area contributed by atoms with E-state index < -0.39 is 25.4 Å². The van der Waals surface area contributed by atoms with Crippen LogP contribution in [0.2, 0.25) is 52.4 Å². The van der Waals surface area contributed by atoms with E-state index in [1.54, 1.807) is 0 Å². The predicted molar refractivity (Wildman–Crippen MR) is 127 cm³/mol. The van der Waals surface area contributed by atoms with Crippen LogP contribution in [-0.4, -0.2) is 87.6 Å². The topological polar surface area (TPSA) is 75.8 Å². The average Bonchev–Trinajstić information content (AvgIpc) is 2.44. The van der Waals surface area contributed by atoms with Crippen molar-refractivity contribution in [2.24, 2.45) is 0 Å². The quantitative estimate of drug-likeness (QED) is 0.442. The van der Waals surface area contributed by atoms with E-state index in [1.807, 2.05) is 0 Å². The van der Waals surface area contributed by atoms with E-state index in [4.69, 9.17) is 12.3 Å². The molecule has 0 aliphatic carbocycles. The molecule has 1 aliphatic heterocycles. The Labute approximate surface area is 173 Å². The predicted octanol–water partition coefficient (Wildman–Crippen LogP) is 0.765. The van der Waals surface area contributed by atoms with E-state index in [-0.39, 0.29) is 9.76 Å². The molecule has 0 radical (unpaired) electrons. The van der Waals surface area contributed by atoms with E-state index in [0.717, 1.165) is 52.4 Å². The first kappa shape index (κ1) is 27.6. The molecule has 1 saturated heterocycles. The molecule has 0 saturated carbocycles. The zero-order valence-corrected chi connectivity index (χ0v) is 23.5. The summed E-state index contributed by atoms with van der Waals surface area (Å²) in [4.78, 5) is 0. The van der Waals surface area contributed by atoms with Crippen molar-refractivity contribution < 1.29 is 12.3 Å². The normalized spacial score (nSPS) is 19.1. The Morgan fingerprint density at radius 3 is 1.15 bits per heavy atom. The first-order valence-electron chi connectivity index (χ1n) is 10.3. The molecule has 0 aromatic heterocycles. The summed E-state index contributed by atoms with van der Waals surface area (Å²) < 4.78 is 18.1. The van der Waals surface area contributed by atoms with Crippen LogP contribution in [0.3, 0.4) is 0 Å². The Morgan fingerprint density at radius 1 is 0.556 bits per heavy atom. The Morgan fingerprint density at radius 2 is 0.889 bits per heavy atom. The molecule has 0 atom stereocenters. The Kier molecular flexibility index (Phi) is 14.9. The molecule has 1 rings (SSSR count). The second-order valence-electron chi connectivity index (χ2n) is 8.55. The van der Waals surface area contributed by atoms with Gasteiger partial charge in [0.1, 0.15) is 9.76 Å². The summed E-state index contributed by atoms with van der Waals surface area (Å²) in [6.45, 7) is 25.8. The molecule has 7 nitrogen and oxygen atoms in total. The van der Waals surface area contributed by atoms with Gasteiger partial charge in [0.15, 0.2) is 8.32 Å². The van der Waals surface area contributed by atoms with Crippen LogP contribution in [0.4, 0.5) is 0 Å². The molecule has 164 valence electrons. The highest BCUT2D eigenvalue weighted by molar-refractivity contribution is 6.86. The third-order valence-electron chi connectivity index (χ3n) is 3.45. The molecule has 11 heteroatoms. The SMILES string of the molecule is C1CNCCNCCNCCN1.C[SiH2]O[Si](C)(C)O[Si](C)(C)O[Si](C)(C)C. The summed E-state index contributed by atoms with van der Waals surface area (Å²) >= 11 is 0. The zero-order valence-electron chi connectivity index (χ0n) is 19.1. The van der Waals surface area contributed by atoms with Crippen LogP contribution in [0.5, 0.6) is 0 Å². The van der Waals surface area contributed by atoms with Gasteiger partial charge >= 0.3 is 17.1 Å². The highest BCUT2D eigenvalue weighted by Gasteiger charge is 2.38. The van der Waals surface area contributed by atoms with Crippen molar-refractivity contribution in [2.75, 3.05) is 52.4 Å². The smallest absolute Gasteiger partial charge is 0.312 e. The maximum absolute atomic E-state index is 6.14. The molecule has 0 aromatic rings. The van der Waals surface area contributed by atoms with Gasteiger partial charge in [-0.2, -0.15) is 0 Å². The summed E-state index contributed by atoms with van der Waals surface area (Å²) in [5.74, 6) is 0. The molecule has 4 N–H and O–H groups in total. The first-order chi connectivity index (χ1) is 12.5. The number of hydrogen-bond donors (Lipinski definition) is 4. The van der Waals surface area contributed by atoms with E-state index in [9.17, 15) is 0 Å². The highest BCUT2D eigenvalue weighted by Crippen LogP contribution is 2.20. The van der Waals surface area contributed by atoms with Crippen LogP contribution >= 0.6 is 0 Å². The molecule has 0 bridgehead atoms. The summed E-state index contributed by atoms with van der Waals surface area (Å²) in [6, 6.07) is 0. The Bertz CT molecular complexity index is 329. The Hall–Kier alpha value is 0.588. The van der Waals surface area contributed by atoms with E-state index in [1.165, 1.54) is 0 Å².